The minimum absolute atomic E-state index is 0.322. The van der Waals surface area contributed by atoms with Crippen LogP contribution in [-0.4, -0.2) is 5.11 Å². The van der Waals surface area contributed by atoms with Crippen molar-refractivity contribution >= 4 is 0 Å². The van der Waals surface area contributed by atoms with Crippen LogP contribution in [0.15, 0.2) is 72.9 Å². The van der Waals surface area contributed by atoms with Crippen LogP contribution in [0.25, 0.3) is 0 Å². The van der Waals surface area contributed by atoms with Crippen LogP contribution in [-0.2, 0) is 6.42 Å². The molecule has 0 heterocycles. The van der Waals surface area contributed by atoms with Crippen LogP contribution in [0.4, 0.5) is 0 Å². The van der Waals surface area contributed by atoms with Gasteiger partial charge in [0.25, 0.3) is 0 Å². The third kappa shape index (κ3) is 6.05. The first-order valence-electron chi connectivity index (χ1n) is 5.47. The summed E-state index contributed by atoms with van der Waals surface area (Å²) < 4.78 is 0. The van der Waals surface area contributed by atoms with Gasteiger partial charge in [-0.25, -0.2) is 0 Å². The Bertz CT molecular complexity index is 423. The topological polar surface area (TPSA) is 46.2 Å². The molecule has 0 radical (unpaired) electrons. The molecule has 2 aromatic rings. The second-order valence-corrected chi connectivity index (χ2v) is 3.45. The van der Waals surface area contributed by atoms with Crippen molar-refractivity contribution in [3.8, 4) is 5.75 Å². The molecule has 0 fully saturated rings. The SMILES string of the molecule is NC=CCc1ccccc1.Oc1ccccc1. The predicted octanol–water partition coefficient (Wildman–Crippen LogP) is 3.09. The highest BCUT2D eigenvalue weighted by Crippen LogP contribution is 2.02. The van der Waals surface area contributed by atoms with Crippen LogP contribution < -0.4 is 5.73 Å². The lowest BCUT2D eigenvalue weighted by atomic mass is 10.1. The van der Waals surface area contributed by atoms with E-state index >= 15 is 0 Å². The molecular formula is C15H17NO. The molecule has 17 heavy (non-hydrogen) atoms. The number of hydrogen-bond donors (Lipinski definition) is 2. The normalized spacial score (nSPS) is 9.65. The molecule has 0 aromatic heterocycles. The monoisotopic (exact) mass is 227 g/mol. The number of aromatic hydroxyl groups is 1. The van der Waals surface area contributed by atoms with Crippen LogP contribution >= 0.6 is 0 Å². The molecule has 0 aliphatic rings. The van der Waals surface area contributed by atoms with Crippen LogP contribution in [0.5, 0.6) is 5.75 Å². The van der Waals surface area contributed by atoms with E-state index in [2.05, 4.69) is 12.1 Å². The quantitative estimate of drug-likeness (QED) is 0.828. The van der Waals surface area contributed by atoms with Gasteiger partial charge in [0.1, 0.15) is 5.75 Å². The van der Waals surface area contributed by atoms with Gasteiger partial charge in [0.2, 0.25) is 0 Å². The molecule has 0 unspecified atom stereocenters. The Balaban J connectivity index is 0.000000181. The van der Waals surface area contributed by atoms with E-state index in [0.717, 1.165) is 6.42 Å². The average Bonchev–Trinajstić information content (AvgIpc) is 2.39. The first kappa shape index (κ1) is 12.8. The minimum Gasteiger partial charge on any atom is -0.508 e. The molecule has 3 N–H and O–H groups in total. The Morgan fingerprint density at radius 3 is 1.82 bits per heavy atom. The Hall–Kier alpha value is -2.22. The molecular weight excluding hydrogens is 210 g/mol. The highest BCUT2D eigenvalue weighted by Gasteiger charge is 1.83. The zero-order valence-electron chi connectivity index (χ0n) is 9.66. The van der Waals surface area contributed by atoms with Crippen molar-refractivity contribution in [2.24, 2.45) is 5.73 Å². The maximum Gasteiger partial charge on any atom is 0.115 e. The standard InChI is InChI=1S/C9H11N.C6H6O/c10-8-4-7-9-5-2-1-3-6-9;7-6-4-2-1-3-5-6/h1-6,8H,7,10H2;1-5,7H. The fourth-order valence-corrected chi connectivity index (χ4v) is 1.25. The lowest BCUT2D eigenvalue weighted by molar-refractivity contribution is 0.475. The number of phenolic OH excluding ortho intramolecular Hbond substituents is 1. The molecule has 2 aromatic carbocycles. The second-order valence-electron chi connectivity index (χ2n) is 3.45. The number of phenols is 1. The fourth-order valence-electron chi connectivity index (χ4n) is 1.25. The van der Waals surface area contributed by atoms with Gasteiger partial charge in [-0.15, -0.1) is 0 Å². The highest BCUT2D eigenvalue weighted by molar-refractivity contribution is 5.18. The third-order valence-corrected chi connectivity index (χ3v) is 2.09. The number of nitrogens with two attached hydrogens (primary N) is 1. The number of rotatable bonds is 2. The summed E-state index contributed by atoms with van der Waals surface area (Å²) in [6.07, 6.45) is 4.44. The zero-order chi connectivity index (χ0) is 12.3. The van der Waals surface area contributed by atoms with Crippen molar-refractivity contribution in [1.29, 1.82) is 0 Å². The first-order chi connectivity index (χ1) is 8.33. The van der Waals surface area contributed by atoms with E-state index < -0.39 is 0 Å². The van der Waals surface area contributed by atoms with Gasteiger partial charge in [-0.05, 0) is 30.3 Å². The van der Waals surface area contributed by atoms with Crippen molar-refractivity contribution in [2.75, 3.05) is 0 Å². The summed E-state index contributed by atoms with van der Waals surface area (Å²) in [7, 11) is 0. The molecule has 88 valence electrons. The molecule has 0 bridgehead atoms. The minimum atomic E-state index is 0.322. The first-order valence-corrected chi connectivity index (χ1v) is 5.47. The van der Waals surface area contributed by atoms with Gasteiger partial charge in [-0.2, -0.15) is 0 Å². The van der Waals surface area contributed by atoms with Gasteiger partial charge in [0.15, 0.2) is 0 Å². The maximum atomic E-state index is 8.63. The van der Waals surface area contributed by atoms with Crippen molar-refractivity contribution < 1.29 is 5.11 Å². The van der Waals surface area contributed by atoms with E-state index in [0.29, 0.717) is 5.75 Å². The third-order valence-electron chi connectivity index (χ3n) is 2.09. The number of hydrogen-bond acceptors (Lipinski definition) is 2. The molecule has 0 saturated heterocycles. The predicted molar refractivity (Wildman–Crippen MR) is 71.6 cm³/mol. The summed E-state index contributed by atoms with van der Waals surface area (Å²) >= 11 is 0. The van der Waals surface area contributed by atoms with Gasteiger partial charge in [0.05, 0.1) is 0 Å². The molecule has 2 nitrogen and oxygen atoms in total. The van der Waals surface area contributed by atoms with E-state index in [4.69, 9.17) is 10.8 Å². The molecule has 0 atom stereocenters. The lowest BCUT2D eigenvalue weighted by Gasteiger charge is -1.91. The van der Waals surface area contributed by atoms with Crippen LogP contribution in [0.1, 0.15) is 5.56 Å². The van der Waals surface area contributed by atoms with Gasteiger partial charge < -0.3 is 10.8 Å². The molecule has 0 amide bonds. The van der Waals surface area contributed by atoms with Crippen LogP contribution in [0.3, 0.4) is 0 Å². The summed E-state index contributed by atoms with van der Waals surface area (Å²) in [5.41, 5.74) is 6.49. The Kier molecular flexibility index (Phi) is 6.04. The molecule has 2 heteroatoms. The van der Waals surface area contributed by atoms with Crippen LogP contribution in [0, 0.1) is 0 Å². The summed E-state index contributed by atoms with van der Waals surface area (Å²) in [4.78, 5) is 0. The van der Waals surface area contributed by atoms with E-state index in [1.54, 1.807) is 30.5 Å². The van der Waals surface area contributed by atoms with Gasteiger partial charge in [-0.3, -0.25) is 0 Å². The van der Waals surface area contributed by atoms with Crippen LogP contribution in [0.2, 0.25) is 0 Å². The summed E-state index contributed by atoms with van der Waals surface area (Å²) in [5.74, 6) is 0.322. The molecule has 0 aliphatic carbocycles. The maximum absolute atomic E-state index is 8.63. The van der Waals surface area contributed by atoms with Gasteiger partial charge >= 0.3 is 0 Å². The van der Waals surface area contributed by atoms with E-state index in [9.17, 15) is 0 Å². The lowest BCUT2D eigenvalue weighted by Crippen LogP contribution is -1.81. The Labute approximate surface area is 102 Å². The highest BCUT2D eigenvalue weighted by atomic mass is 16.3. The summed E-state index contributed by atoms with van der Waals surface area (Å²) in [6, 6.07) is 18.9. The average molecular weight is 227 g/mol. The number of para-hydroxylation sites is 1. The van der Waals surface area contributed by atoms with Crippen molar-refractivity contribution in [1.82, 2.24) is 0 Å². The number of benzene rings is 2. The molecule has 2 rings (SSSR count). The molecule has 0 aliphatic heterocycles. The molecule has 0 saturated carbocycles. The van der Waals surface area contributed by atoms with Gasteiger partial charge in [0, 0.05) is 0 Å². The van der Waals surface area contributed by atoms with Crippen molar-refractivity contribution in [3.63, 3.8) is 0 Å². The zero-order valence-corrected chi connectivity index (χ0v) is 9.66. The summed E-state index contributed by atoms with van der Waals surface area (Å²) in [5, 5.41) is 8.63. The summed E-state index contributed by atoms with van der Waals surface area (Å²) in [6.45, 7) is 0. The van der Waals surface area contributed by atoms with E-state index in [-0.39, 0.29) is 0 Å². The largest absolute Gasteiger partial charge is 0.508 e. The fraction of sp³-hybridized carbons (Fsp3) is 0.0667. The number of allylic oxidation sites excluding steroid dienone is 1. The van der Waals surface area contributed by atoms with E-state index in [1.807, 2.05) is 30.3 Å². The smallest absolute Gasteiger partial charge is 0.115 e. The van der Waals surface area contributed by atoms with E-state index in [1.165, 1.54) is 5.56 Å². The van der Waals surface area contributed by atoms with Crippen molar-refractivity contribution in [2.45, 2.75) is 6.42 Å². The Morgan fingerprint density at radius 2 is 1.41 bits per heavy atom. The molecule has 0 spiro atoms. The second kappa shape index (κ2) is 7.99. The Morgan fingerprint density at radius 1 is 0.882 bits per heavy atom. The van der Waals surface area contributed by atoms with Crippen molar-refractivity contribution in [3.05, 3.63) is 78.5 Å². The van der Waals surface area contributed by atoms with Gasteiger partial charge in [-0.1, -0.05) is 54.6 Å².